The first-order valence-electron chi connectivity index (χ1n) is 9.30. The summed E-state index contributed by atoms with van der Waals surface area (Å²) in [5.74, 6) is 0.572. The minimum atomic E-state index is -0.132. The second-order valence-corrected chi connectivity index (χ2v) is 7.55. The molecule has 5 nitrogen and oxygen atoms in total. The first kappa shape index (κ1) is 16.7. The van der Waals surface area contributed by atoms with Crippen molar-refractivity contribution >= 4 is 11.9 Å². The van der Waals surface area contributed by atoms with E-state index in [2.05, 4.69) is 4.90 Å². The number of hydrogen-bond acceptors (Lipinski definition) is 4. The van der Waals surface area contributed by atoms with Crippen molar-refractivity contribution in [2.24, 2.45) is 17.8 Å². The van der Waals surface area contributed by atoms with Crippen molar-refractivity contribution in [3.8, 4) is 0 Å². The summed E-state index contributed by atoms with van der Waals surface area (Å²) in [6, 6.07) is 0. The minimum absolute atomic E-state index is 0.0478. The lowest BCUT2D eigenvalue weighted by Gasteiger charge is -2.44. The number of esters is 1. The van der Waals surface area contributed by atoms with Gasteiger partial charge in [0, 0.05) is 25.6 Å². The Labute approximate surface area is 139 Å². The fraction of sp³-hybridized carbons (Fsp3) is 0.889. The molecule has 0 aliphatic carbocycles. The number of amides is 1. The van der Waals surface area contributed by atoms with Crippen LogP contribution in [0.2, 0.25) is 0 Å². The van der Waals surface area contributed by atoms with Gasteiger partial charge in [0.05, 0.1) is 5.92 Å². The molecule has 130 valence electrons. The van der Waals surface area contributed by atoms with Crippen LogP contribution in [0.15, 0.2) is 0 Å². The van der Waals surface area contributed by atoms with Gasteiger partial charge in [0.15, 0.2) is 0 Å². The highest BCUT2D eigenvalue weighted by Gasteiger charge is 2.38. The van der Waals surface area contributed by atoms with Crippen LogP contribution < -0.4 is 0 Å². The number of likely N-dealkylation sites (tertiary alicyclic amines) is 1. The van der Waals surface area contributed by atoms with Crippen LogP contribution in [0, 0.1) is 17.8 Å². The monoisotopic (exact) mass is 322 g/mol. The molecule has 0 spiro atoms. The second-order valence-electron chi connectivity index (χ2n) is 7.55. The summed E-state index contributed by atoms with van der Waals surface area (Å²) >= 11 is 0. The predicted molar refractivity (Wildman–Crippen MR) is 87.8 cm³/mol. The predicted octanol–water partition coefficient (Wildman–Crippen LogP) is 1.91. The van der Waals surface area contributed by atoms with Crippen molar-refractivity contribution in [1.29, 1.82) is 0 Å². The highest BCUT2D eigenvalue weighted by Crippen LogP contribution is 2.31. The summed E-state index contributed by atoms with van der Waals surface area (Å²) in [4.78, 5) is 29.2. The number of piperidine rings is 4. The van der Waals surface area contributed by atoms with Crippen molar-refractivity contribution in [1.82, 2.24) is 9.80 Å². The average molecular weight is 322 g/mol. The maximum Gasteiger partial charge on any atom is 0.311 e. The summed E-state index contributed by atoms with van der Waals surface area (Å²) in [5, 5.41) is 0. The summed E-state index contributed by atoms with van der Waals surface area (Å²) in [6.07, 6.45) is 4.99. The van der Waals surface area contributed by atoms with E-state index in [9.17, 15) is 9.59 Å². The lowest BCUT2D eigenvalue weighted by Crippen LogP contribution is -2.53. The molecule has 4 aliphatic heterocycles. The van der Waals surface area contributed by atoms with Gasteiger partial charge >= 0.3 is 5.97 Å². The Morgan fingerprint density at radius 2 is 1.87 bits per heavy atom. The highest BCUT2D eigenvalue weighted by atomic mass is 16.5. The summed E-state index contributed by atoms with van der Waals surface area (Å²) in [5.41, 5.74) is 0. The van der Waals surface area contributed by atoms with Gasteiger partial charge in [-0.05, 0) is 51.1 Å². The van der Waals surface area contributed by atoms with E-state index < -0.39 is 0 Å². The van der Waals surface area contributed by atoms with E-state index in [1.165, 1.54) is 0 Å². The Morgan fingerprint density at radius 1 is 1.13 bits per heavy atom. The molecule has 1 amide bonds. The molecule has 3 unspecified atom stereocenters. The minimum Gasteiger partial charge on any atom is -0.460 e. The smallest absolute Gasteiger partial charge is 0.311 e. The SMILES string of the molecule is CCC(C)C(=O)N1CCCC(C(=O)OC2CN3CCC2CC3)C1. The Balaban J connectivity index is 1.54. The Bertz CT molecular complexity index is 446. The molecule has 3 atom stereocenters. The molecule has 2 bridgehead atoms. The van der Waals surface area contributed by atoms with Crippen LogP contribution in [0.1, 0.15) is 46.0 Å². The van der Waals surface area contributed by atoms with E-state index in [0.29, 0.717) is 12.5 Å². The highest BCUT2D eigenvalue weighted by molar-refractivity contribution is 5.80. The summed E-state index contributed by atoms with van der Waals surface area (Å²) in [6.45, 7) is 8.54. The third-order valence-corrected chi connectivity index (χ3v) is 5.96. The van der Waals surface area contributed by atoms with Crippen LogP contribution in [0.5, 0.6) is 0 Å². The molecule has 0 aromatic rings. The zero-order chi connectivity index (χ0) is 16.4. The number of nitrogens with zero attached hydrogens (tertiary/aromatic N) is 2. The van der Waals surface area contributed by atoms with Crippen LogP contribution in [-0.4, -0.2) is 60.5 Å². The van der Waals surface area contributed by atoms with E-state index in [1.807, 2.05) is 18.7 Å². The normalized spacial score (nSPS) is 35.0. The lowest BCUT2D eigenvalue weighted by atomic mass is 9.85. The molecule has 4 heterocycles. The standard InChI is InChI=1S/C18H30N2O3/c1-3-13(2)17(21)20-8-4-5-15(11-20)18(22)23-16-12-19-9-6-14(16)7-10-19/h13-16H,3-12H2,1-2H3. The number of fused-ring (bicyclic) bond motifs is 3. The van der Waals surface area contributed by atoms with E-state index in [0.717, 1.165) is 58.3 Å². The topological polar surface area (TPSA) is 49.9 Å². The molecule has 0 aromatic carbocycles. The fourth-order valence-electron chi connectivity index (χ4n) is 4.15. The van der Waals surface area contributed by atoms with Crippen molar-refractivity contribution in [3.05, 3.63) is 0 Å². The molecule has 0 radical (unpaired) electrons. The molecule has 0 aromatic heterocycles. The molecule has 4 aliphatic rings. The third kappa shape index (κ3) is 3.70. The Morgan fingerprint density at radius 3 is 2.48 bits per heavy atom. The van der Waals surface area contributed by atoms with Crippen LogP contribution in [-0.2, 0) is 14.3 Å². The largest absolute Gasteiger partial charge is 0.460 e. The molecule has 4 rings (SSSR count). The van der Waals surface area contributed by atoms with Gasteiger partial charge < -0.3 is 9.64 Å². The van der Waals surface area contributed by atoms with Gasteiger partial charge in [0.25, 0.3) is 0 Å². The average Bonchev–Trinajstić information content (AvgIpc) is 2.61. The van der Waals surface area contributed by atoms with Crippen LogP contribution in [0.4, 0.5) is 0 Å². The summed E-state index contributed by atoms with van der Waals surface area (Å²) < 4.78 is 5.86. The van der Waals surface area contributed by atoms with Crippen molar-refractivity contribution < 1.29 is 14.3 Å². The molecular formula is C18H30N2O3. The molecule has 0 saturated carbocycles. The zero-order valence-electron chi connectivity index (χ0n) is 14.5. The van der Waals surface area contributed by atoms with Gasteiger partial charge in [0.2, 0.25) is 5.91 Å². The van der Waals surface area contributed by atoms with E-state index in [1.54, 1.807) is 0 Å². The first-order chi connectivity index (χ1) is 11.1. The maximum atomic E-state index is 12.6. The van der Waals surface area contributed by atoms with Crippen molar-refractivity contribution in [3.63, 3.8) is 0 Å². The number of carbonyl (C=O) groups excluding carboxylic acids is 2. The number of carbonyl (C=O) groups is 2. The van der Waals surface area contributed by atoms with Gasteiger partial charge in [-0.15, -0.1) is 0 Å². The molecule has 4 saturated heterocycles. The number of rotatable bonds is 4. The van der Waals surface area contributed by atoms with Gasteiger partial charge in [0.1, 0.15) is 6.10 Å². The van der Waals surface area contributed by atoms with Crippen LogP contribution >= 0.6 is 0 Å². The van der Waals surface area contributed by atoms with Gasteiger partial charge in [-0.3, -0.25) is 14.5 Å². The molecule has 5 heteroatoms. The van der Waals surface area contributed by atoms with E-state index in [-0.39, 0.29) is 29.8 Å². The number of hydrogen-bond donors (Lipinski definition) is 0. The van der Waals surface area contributed by atoms with Crippen LogP contribution in [0.25, 0.3) is 0 Å². The van der Waals surface area contributed by atoms with Gasteiger partial charge in [-0.2, -0.15) is 0 Å². The summed E-state index contributed by atoms with van der Waals surface area (Å²) in [7, 11) is 0. The fourth-order valence-corrected chi connectivity index (χ4v) is 4.15. The van der Waals surface area contributed by atoms with Gasteiger partial charge in [-0.1, -0.05) is 13.8 Å². The molecule has 23 heavy (non-hydrogen) atoms. The van der Waals surface area contributed by atoms with Crippen molar-refractivity contribution in [2.75, 3.05) is 32.7 Å². The number of ether oxygens (including phenoxy) is 1. The quantitative estimate of drug-likeness (QED) is 0.742. The van der Waals surface area contributed by atoms with Crippen LogP contribution in [0.3, 0.4) is 0 Å². The first-order valence-corrected chi connectivity index (χ1v) is 9.30. The maximum absolute atomic E-state index is 12.6. The van der Waals surface area contributed by atoms with Gasteiger partial charge in [-0.25, -0.2) is 0 Å². The van der Waals surface area contributed by atoms with Crippen molar-refractivity contribution in [2.45, 2.75) is 52.1 Å². The Kier molecular flexibility index (Phi) is 5.24. The molecular weight excluding hydrogens is 292 g/mol. The molecule has 0 N–H and O–H groups in total. The van der Waals surface area contributed by atoms with E-state index >= 15 is 0 Å². The van der Waals surface area contributed by atoms with E-state index in [4.69, 9.17) is 4.74 Å². The Hall–Kier alpha value is -1.10. The zero-order valence-corrected chi connectivity index (χ0v) is 14.5. The second kappa shape index (κ2) is 7.20. The lowest BCUT2D eigenvalue weighted by molar-refractivity contribution is -0.166. The third-order valence-electron chi connectivity index (χ3n) is 5.96. The molecule has 4 fully saturated rings.